The fraction of sp³-hybridized carbons (Fsp3) is 1.00. The van der Waals surface area contributed by atoms with Gasteiger partial charge in [-0.25, -0.2) is 0 Å². The van der Waals surface area contributed by atoms with Gasteiger partial charge in [0.05, 0.1) is 0 Å². The topological polar surface area (TPSA) is 24.5 Å². The molecule has 1 aliphatic carbocycles. The third-order valence-electron chi connectivity index (χ3n) is 2.64. The average molecular weight is 200 g/mol. The summed E-state index contributed by atoms with van der Waals surface area (Å²) >= 11 is 0. The maximum absolute atomic E-state index is 4.98. The molecule has 1 saturated carbocycles. The molecule has 0 heterocycles. The maximum Gasteiger partial charge on any atom is 0.0474 e. The van der Waals surface area contributed by atoms with Gasteiger partial charge in [-0.3, -0.25) is 0 Å². The van der Waals surface area contributed by atoms with Crippen molar-refractivity contribution in [1.29, 1.82) is 0 Å². The molecule has 3 heteroatoms. The first kappa shape index (κ1) is 12.0. The lowest BCUT2D eigenvalue weighted by Gasteiger charge is -2.16. The van der Waals surface area contributed by atoms with Crippen LogP contribution >= 0.6 is 0 Å². The number of hydrogen-bond donors (Lipinski definition) is 1. The van der Waals surface area contributed by atoms with Crippen molar-refractivity contribution < 1.29 is 4.74 Å². The molecule has 14 heavy (non-hydrogen) atoms. The Morgan fingerprint density at radius 3 is 2.79 bits per heavy atom. The van der Waals surface area contributed by atoms with Crippen LogP contribution in [0.15, 0.2) is 0 Å². The van der Waals surface area contributed by atoms with Crippen molar-refractivity contribution in [3.8, 4) is 0 Å². The van der Waals surface area contributed by atoms with Gasteiger partial charge in [-0.15, -0.1) is 0 Å². The average Bonchev–Trinajstić information content (AvgIpc) is 2.95. The highest BCUT2D eigenvalue weighted by atomic mass is 16.5. The van der Waals surface area contributed by atoms with Gasteiger partial charge in [0.1, 0.15) is 0 Å². The highest BCUT2D eigenvalue weighted by Gasteiger charge is 2.22. The standard InChI is InChI=1S/C11H24N2O/c1-13(10-11-4-5-11)8-7-12-6-3-9-14-2/h11-12H,3-10H2,1-2H3. The van der Waals surface area contributed by atoms with Crippen LogP contribution in [0.2, 0.25) is 0 Å². The summed E-state index contributed by atoms with van der Waals surface area (Å²) in [5.74, 6) is 1.01. The van der Waals surface area contributed by atoms with Crippen LogP contribution in [0.25, 0.3) is 0 Å². The molecule has 0 aliphatic heterocycles. The Morgan fingerprint density at radius 2 is 2.14 bits per heavy atom. The Labute approximate surface area is 87.8 Å². The Morgan fingerprint density at radius 1 is 1.36 bits per heavy atom. The van der Waals surface area contributed by atoms with Crippen LogP contribution in [0.3, 0.4) is 0 Å². The number of ether oxygens (including phenoxy) is 1. The predicted octanol–water partition coefficient (Wildman–Crippen LogP) is 0.954. The van der Waals surface area contributed by atoms with Gasteiger partial charge >= 0.3 is 0 Å². The number of hydrogen-bond acceptors (Lipinski definition) is 3. The van der Waals surface area contributed by atoms with E-state index in [0.717, 1.165) is 32.0 Å². The van der Waals surface area contributed by atoms with E-state index in [1.54, 1.807) is 7.11 Å². The first-order valence-corrected chi connectivity index (χ1v) is 5.71. The van der Waals surface area contributed by atoms with Crippen LogP contribution < -0.4 is 5.32 Å². The zero-order chi connectivity index (χ0) is 10.2. The van der Waals surface area contributed by atoms with Gasteiger partial charge in [0.25, 0.3) is 0 Å². The zero-order valence-electron chi connectivity index (χ0n) is 9.59. The van der Waals surface area contributed by atoms with Crippen molar-refractivity contribution in [2.75, 3.05) is 46.9 Å². The fourth-order valence-electron chi connectivity index (χ4n) is 1.57. The van der Waals surface area contributed by atoms with E-state index in [4.69, 9.17) is 4.74 Å². The summed E-state index contributed by atoms with van der Waals surface area (Å²) in [6.45, 7) is 5.51. The van der Waals surface area contributed by atoms with Gasteiger partial charge in [-0.2, -0.15) is 0 Å². The van der Waals surface area contributed by atoms with Gasteiger partial charge < -0.3 is 15.0 Å². The molecular weight excluding hydrogens is 176 g/mol. The van der Waals surface area contributed by atoms with Crippen LogP contribution in [0.4, 0.5) is 0 Å². The summed E-state index contributed by atoms with van der Waals surface area (Å²) < 4.78 is 4.98. The summed E-state index contributed by atoms with van der Waals surface area (Å²) in [5.41, 5.74) is 0. The van der Waals surface area contributed by atoms with Crippen LogP contribution in [0, 0.1) is 5.92 Å². The SMILES string of the molecule is COCCCNCCN(C)CC1CC1. The van der Waals surface area contributed by atoms with Crippen molar-refractivity contribution in [3.63, 3.8) is 0 Å². The van der Waals surface area contributed by atoms with E-state index >= 15 is 0 Å². The third-order valence-corrected chi connectivity index (χ3v) is 2.64. The molecule has 3 nitrogen and oxygen atoms in total. The number of rotatable bonds is 9. The van der Waals surface area contributed by atoms with Crippen molar-refractivity contribution in [3.05, 3.63) is 0 Å². The molecule has 0 bridgehead atoms. The Hall–Kier alpha value is -0.120. The van der Waals surface area contributed by atoms with Gasteiger partial charge in [-0.1, -0.05) is 0 Å². The summed E-state index contributed by atoms with van der Waals surface area (Å²) in [5, 5.41) is 3.42. The van der Waals surface area contributed by atoms with Crippen LogP contribution in [0.1, 0.15) is 19.3 Å². The van der Waals surface area contributed by atoms with E-state index in [1.807, 2.05) is 0 Å². The lowest BCUT2D eigenvalue weighted by Crippen LogP contribution is -2.31. The molecule has 0 atom stereocenters. The lowest BCUT2D eigenvalue weighted by molar-refractivity contribution is 0.194. The van der Waals surface area contributed by atoms with Gasteiger partial charge in [0.2, 0.25) is 0 Å². The minimum absolute atomic E-state index is 0.866. The van der Waals surface area contributed by atoms with E-state index in [2.05, 4.69) is 17.3 Å². The third kappa shape index (κ3) is 6.35. The van der Waals surface area contributed by atoms with Crippen LogP contribution in [-0.4, -0.2) is 51.8 Å². The van der Waals surface area contributed by atoms with E-state index < -0.39 is 0 Å². The minimum atomic E-state index is 0.866. The number of nitrogens with zero attached hydrogens (tertiary/aromatic N) is 1. The summed E-state index contributed by atoms with van der Waals surface area (Å²) in [6.07, 6.45) is 4.01. The maximum atomic E-state index is 4.98. The quantitative estimate of drug-likeness (QED) is 0.561. The predicted molar refractivity (Wildman–Crippen MR) is 59.6 cm³/mol. The second kappa shape index (κ2) is 7.21. The fourth-order valence-corrected chi connectivity index (χ4v) is 1.57. The Balaban J connectivity index is 1.77. The molecule has 0 saturated heterocycles. The number of likely N-dealkylation sites (N-methyl/N-ethyl adjacent to an activating group) is 1. The number of methoxy groups -OCH3 is 1. The summed E-state index contributed by atoms with van der Waals surface area (Å²) in [4.78, 5) is 2.43. The molecule has 0 unspecified atom stereocenters. The largest absolute Gasteiger partial charge is 0.385 e. The molecule has 1 fully saturated rings. The summed E-state index contributed by atoms with van der Waals surface area (Å²) in [6, 6.07) is 0. The van der Waals surface area contributed by atoms with Gasteiger partial charge in [-0.05, 0) is 38.8 Å². The van der Waals surface area contributed by atoms with E-state index in [9.17, 15) is 0 Å². The zero-order valence-corrected chi connectivity index (χ0v) is 9.59. The van der Waals surface area contributed by atoms with Crippen molar-refractivity contribution >= 4 is 0 Å². The van der Waals surface area contributed by atoms with E-state index in [1.165, 1.54) is 25.9 Å². The van der Waals surface area contributed by atoms with Crippen LogP contribution in [-0.2, 0) is 4.74 Å². The molecule has 0 aromatic heterocycles. The molecular formula is C11H24N2O. The second-order valence-corrected chi connectivity index (χ2v) is 4.30. The monoisotopic (exact) mass is 200 g/mol. The summed E-state index contributed by atoms with van der Waals surface area (Å²) in [7, 11) is 3.97. The molecule has 1 rings (SSSR count). The minimum Gasteiger partial charge on any atom is -0.385 e. The molecule has 0 amide bonds. The highest BCUT2D eigenvalue weighted by molar-refractivity contribution is 4.76. The van der Waals surface area contributed by atoms with E-state index in [-0.39, 0.29) is 0 Å². The van der Waals surface area contributed by atoms with Gasteiger partial charge in [0, 0.05) is 33.4 Å². The van der Waals surface area contributed by atoms with Crippen molar-refractivity contribution in [2.45, 2.75) is 19.3 Å². The first-order valence-electron chi connectivity index (χ1n) is 5.71. The van der Waals surface area contributed by atoms with Crippen molar-refractivity contribution in [1.82, 2.24) is 10.2 Å². The molecule has 1 aliphatic rings. The van der Waals surface area contributed by atoms with Crippen molar-refractivity contribution in [2.24, 2.45) is 5.92 Å². The Bertz CT molecular complexity index is 137. The van der Waals surface area contributed by atoms with E-state index in [0.29, 0.717) is 0 Å². The van der Waals surface area contributed by atoms with Gasteiger partial charge in [0.15, 0.2) is 0 Å². The smallest absolute Gasteiger partial charge is 0.0474 e. The molecule has 0 aromatic carbocycles. The normalized spacial score (nSPS) is 16.5. The molecule has 0 spiro atoms. The van der Waals surface area contributed by atoms with Crippen LogP contribution in [0.5, 0.6) is 0 Å². The highest BCUT2D eigenvalue weighted by Crippen LogP contribution is 2.29. The second-order valence-electron chi connectivity index (χ2n) is 4.30. The molecule has 1 N–H and O–H groups in total. The lowest BCUT2D eigenvalue weighted by atomic mass is 10.4. The Kier molecular flexibility index (Phi) is 6.15. The molecule has 84 valence electrons. The molecule has 0 radical (unpaired) electrons. The number of nitrogens with one attached hydrogen (secondary N) is 1. The first-order chi connectivity index (χ1) is 6.83. The molecule has 0 aromatic rings.